The Balaban J connectivity index is 2.27. The minimum atomic E-state index is 0.667. The largest absolute Gasteiger partial charge is 0.300 e. The van der Waals surface area contributed by atoms with E-state index in [0.717, 1.165) is 33.8 Å². The van der Waals surface area contributed by atoms with Gasteiger partial charge in [0, 0.05) is 18.5 Å². The fourth-order valence-corrected chi connectivity index (χ4v) is 3.38. The van der Waals surface area contributed by atoms with Gasteiger partial charge in [0.2, 0.25) is 0 Å². The van der Waals surface area contributed by atoms with Gasteiger partial charge in [0.05, 0.1) is 4.88 Å². The standard InChI is InChI=1S/C10H14N4S3/c1-3-14-9(12-13-10(14)15)7-5-11-8(17-7)6-16-4-2/h5H,3-4,6H2,1-2H3,(H,13,15). The van der Waals surface area contributed by atoms with Crippen molar-refractivity contribution in [2.45, 2.75) is 26.1 Å². The number of rotatable bonds is 5. The number of hydrogen-bond acceptors (Lipinski definition) is 5. The minimum absolute atomic E-state index is 0.667. The lowest BCUT2D eigenvalue weighted by atomic mass is 10.5. The van der Waals surface area contributed by atoms with E-state index in [0.29, 0.717) is 4.77 Å². The number of thioether (sulfide) groups is 1. The van der Waals surface area contributed by atoms with Gasteiger partial charge in [-0.2, -0.15) is 16.9 Å². The summed E-state index contributed by atoms with van der Waals surface area (Å²) in [5, 5.41) is 8.23. The molecule has 0 unspecified atom stereocenters. The van der Waals surface area contributed by atoms with Crippen molar-refractivity contribution in [2.24, 2.45) is 0 Å². The maximum Gasteiger partial charge on any atom is 0.195 e. The maximum atomic E-state index is 5.17. The number of H-pyrrole nitrogens is 1. The Labute approximate surface area is 113 Å². The Bertz CT molecular complexity index is 540. The van der Waals surface area contributed by atoms with E-state index in [2.05, 4.69) is 29.0 Å². The molecule has 7 heteroatoms. The molecule has 2 heterocycles. The molecule has 0 saturated heterocycles. The average molecular weight is 286 g/mol. The average Bonchev–Trinajstić information content (AvgIpc) is 2.92. The monoisotopic (exact) mass is 286 g/mol. The molecule has 0 amide bonds. The minimum Gasteiger partial charge on any atom is -0.300 e. The first-order chi connectivity index (χ1) is 8.26. The van der Waals surface area contributed by atoms with Gasteiger partial charge in [0.25, 0.3) is 0 Å². The van der Waals surface area contributed by atoms with Crippen LogP contribution in [0.1, 0.15) is 18.9 Å². The molecule has 0 bridgehead atoms. The van der Waals surface area contributed by atoms with E-state index < -0.39 is 0 Å². The molecule has 0 aromatic carbocycles. The van der Waals surface area contributed by atoms with Crippen LogP contribution in [0.15, 0.2) is 6.20 Å². The molecule has 2 aromatic heterocycles. The van der Waals surface area contributed by atoms with Crippen LogP contribution in [0, 0.1) is 4.77 Å². The van der Waals surface area contributed by atoms with Crippen molar-refractivity contribution in [1.29, 1.82) is 0 Å². The molecular weight excluding hydrogens is 272 g/mol. The summed E-state index contributed by atoms with van der Waals surface area (Å²) >= 11 is 8.74. The van der Waals surface area contributed by atoms with Crippen LogP contribution in [0.3, 0.4) is 0 Å². The van der Waals surface area contributed by atoms with E-state index >= 15 is 0 Å². The summed E-state index contributed by atoms with van der Waals surface area (Å²) < 4.78 is 2.65. The maximum absolute atomic E-state index is 5.17. The predicted octanol–water partition coefficient (Wildman–Crippen LogP) is 3.34. The molecule has 0 fully saturated rings. The molecule has 17 heavy (non-hydrogen) atoms. The lowest BCUT2D eigenvalue weighted by Gasteiger charge is -1.99. The first-order valence-corrected chi connectivity index (χ1v) is 7.82. The van der Waals surface area contributed by atoms with Crippen LogP contribution in [0.25, 0.3) is 10.7 Å². The van der Waals surface area contributed by atoms with Crippen molar-refractivity contribution in [3.05, 3.63) is 16.0 Å². The summed E-state index contributed by atoms with van der Waals surface area (Å²) in [4.78, 5) is 5.49. The van der Waals surface area contributed by atoms with Crippen LogP contribution < -0.4 is 0 Å². The predicted molar refractivity (Wildman–Crippen MR) is 76.0 cm³/mol. The van der Waals surface area contributed by atoms with Crippen LogP contribution in [-0.2, 0) is 12.3 Å². The Morgan fingerprint density at radius 3 is 3.06 bits per heavy atom. The van der Waals surface area contributed by atoms with Gasteiger partial charge in [0.1, 0.15) is 5.01 Å². The highest BCUT2D eigenvalue weighted by atomic mass is 32.2. The molecule has 4 nitrogen and oxygen atoms in total. The number of thiazole rings is 1. The van der Waals surface area contributed by atoms with Crippen LogP contribution in [-0.4, -0.2) is 25.5 Å². The van der Waals surface area contributed by atoms with Crippen molar-refractivity contribution < 1.29 is 0 Å². The third kappa shape index (κ3) is 2.78. The van der Waals surface area contributed by atoms with Crippen LogP contribution in [0.5, 0.6) is 0 Å². The fraction of sp³-hybridized carbons (Fsp3) is 0.500. The molecule has 0 radical (unpaired) electrons. The van der Waals surface area contributed by atoms with Crippen LogP contribution >= 0.6 is 35.3 Å². The summed E-state index contributed by atoms with van der Waals surface area (Å²) in [6, 6.07) is 0. The molecular formula is C10H14N4S3. The third-order valence-corrected chi connectivity index (χ3v) is 4.65. The Morgan fingerprint density at radius 2 is 2.35 bits per heavy atom. The zero-order valence-electron chi connectivity index (χ0n) is 9.77. The van der Waals surface area contributed by atoms with E-state index in [-0.39, 0.29) is 0 Å². The van der Waals surface area contributed by atoms with Gasteiger partial charge in [0.15, 0.2) is 10.6 Å². The van der Waals surface area contributed by atoms with E-state index in [1.54, 1.807) is 11.3 Å². The molecule has 0 aliphatic carbocycles. The van der Waals surface area contributed by atoms with Crippen molar-refractivity contribution in [3.8, 4) is 10.7 Å². The topological polar surface area (TPSA) is 46.5 Å². The van der Waals surface area contributed by atoms with Gasteiger partial charge in [-0.25, -0.2) is 4.98 Å². The Hall–Kier alpha value is -0.660. The molecule has 0 saturated carbocycles. The van der Waals surface area contributed by atoms with Crippen LogP contribution in [0.4, 0.5) is 0 Å². The highest BCUT2D eigenvalue weighted by Crippen LogP contribution is 2.26. The van der Waals surface area contributed by atoms with Gasteiger partial charge < -0.3 is 0 Å². The second-order valence-electron chi connectivity index (χ2n) is 3.35. The molecule has 1 N–H and O–H groups in total. The first-order valence-electron chi connectivity index (χ1n) is 5.44. The normalized spacial score (nSPS) is 10.9. The smallest absolute Gasteiger partial charge is 0.195 e. The zero-order chi connectivity index (χ0) is 12.3. The second kappa shape index (κ2) is 5.79. The zero-order valence-corrected chi connectivity index (χ0v) is 12.2. The van der Waals surface area contributed by atoms with Crippen LogP contribution in [0.2, 0.25) is 0 Å². The first kappa shape index (κ1) is 12.8. The van der Waals surface area contributed by atoms with Crippen molar-refractivity contribution >= 4 is 35.3 Å². The Morgan fingerprint density at radius 1 is 1.53 bits per heavy atom. The molecule has 92 valence electrons. The van der Waals surface area contributed by atoms with E-state index in [1.165, 1.54) is 0 Å². The number of nitrogens with one attached hydrogen (secondary N) is 1. The quantitative estimate of drug-likeness (QED) is 0.856. The summed E-state index contributed by atoms with van der Waals surface area (Å²) in [6.45, 7) is 5.03. The summed E-state index contributed by atoms with van der Waals surface area (Å²) in [5.74, 6) is 2.98. The summed E-state index contributed by atoms with van der Waals surface area (Å²) in [7, 11) is 0. The van der Waals surface area contributed by atoms with Crippen molar-refractivity contribution in [2.75, 3.05) is 5.75 Å². The van der Waals surface area contributed by atoms with Gasteiger partial charge in [-0.3, -0.25) is 9.67 Å². The fourth-order valence-electron chi connectivity index (χ4n) is 1.47. The highest BCUT2D eigenvalue weighted by molar-refractivity contribution is 7.98. The molecule has 2 aromatic rings. The van der Waals surface area contributed by atoms with E-state index in [4.69, 9.17) is 12.2 Å². The molecule has 2 rings (SSSR count). The molecule has 0 atom stereocenters. The van der Waals surface area contributed by atoms with Gasteiger partial charge in [-0.05, 0) is 24.9 Å². The second-order valence-corrected chi connectivity index (χ2v) is 6.13. The SMILES string of the molecule is CCSCc1ncc(-c2n[nH]c(=S)n2CC)s1. The van der Waals surface area contributed by atoms with Gasteiger partial charge >= 0.3 is 0 Å². The van der Waals surface area contributed by atoms with Gasteiger partial charge in [-0.1, -0.05) is 6.92 Å². The summed E-state index contributed by atoms with van der Waals surface area (Å²) in [5.41, 5.74) is 0. The number of nitrogens with zero attached hydrogens (tertiary/aromatic N) is 3. The molecule has 0 aliphatic heterocycles. The number of aromatic amines is 1. The lowest BCUT2D eigenvalue weighted by molar-refractivity contribution is 0.756. The van der Waals surface area contributed by atoms with Crippen molar-refractivity contribution in [3.63, 3.8) is 0 Å². The van der Waals surface area contributed by atoms with E-state index in [9.17, 15) is 0 Å². The number of aromatic nitrogens is 4. The molecule has 0 aliphatic rings. The number of hydrogen-bond donors (Lipinski definition) is 1. The van der Waals surface area contributed by atoms with Gasteiger partial charge in [-0.15, -0.1) is 11.3 Å². The van der Waals surface area contributed by atoms with Crippen molar-refractivity contribution in [1.82, 2.24) is 19.7 Å². The van der Waals surface area contributed by atoms with E-state index in [1.807, 2.05) is 22.5 Å². The summed E-state index contributed by atoms with van der Waals surface area (Å²) in [6.07, 6.45) is 1.88. The Kier molecular flexibility index (Phi) is 4.36. The highest BCUT2D eigenvalue weighted by Gasteiger charge is 2.11. The third-order valence-electron chi connectivity index (χ3n) is 2.28. The lowest BCUT2D eigenvalue weighted by Crippen LogP contribution is -1.96. The molecule has 0 spiro atoms.